The maximum atomic E-state index is 12.1. The van der Waals surface area contributed by atoms with E-state index in [2.05, 4.69) is 22.0 Å². The van der Waals surface area contributed by atoms with Gasteiger partial charge in [0.2, 0.25) is 0 Å². The van der Waals surface area contributed by atoms with Gasteiger partial charge in [-0.05, 0) is 67.4 Å². The highest BCUT2D eigenvalue weighted by molar-refractivity contribution is 5.99. The zero-order valence-electron chi connectivity index (χ0n) is 13.6. The number of halogens is 1. The molecule has 24 heavy (non-hydrogen) atoms. The van der Waals surface area contributed by atoms with Crippen molar-refractivity contribution >= 4 is 29.8 Å². The van der Waals surface area contributed by atoms with Crippen LogP contribution in [-0.2, 0) is 13.0 Å². The van der Waals surface area contributed by atoms with Gasteiger partial charge in [0.05, 0.1) is 6.61 Å². The summed E-state index contributed by atoms with van der Waals surface area (Å²) in [5, 5.41) is 9.04. The van der Waals surface area contributed by atoms with Crippen LogP contribution < -0.4 is 20.7 Å². The van der Waals surface area contributed by atoms with Gasteiger partial charge in [-0.15, -0.1) is 12.4 Å². The standard InChI is InChI=1S/C18H21N3O2.ClH/c1-2-23-17-7-5-15(6-8-17)20-18(22)21-16-4-3-14-12-19-10-9-13(14)11-16;/h3-8,11,19H,2,9-10,12H2,1H3,(H2,20,21,22);1H. The quantitative estimate of drug-likeness (QED) is 0.788. The highest BCUT2D eigenvalue weighted by atomic mass is 35.5. The van der Waals surface area contributed by atoms with Crippen molar-refractivity contribution in [2.75, 3.05) is 23.8 Å². The number of rotatable bonds is 4. The van der Waals surface area contributed by atoms with Crippen molar-refractivity contribution in [3.8, 4) is 5.75 Å². The Kier molecular flexibility index (Phi) is 6.46. The van der Waals surface area contributed by atoms with Gasteiger partial charge in [0.1, 0.15) is 5.75 Å². The van der Waals surface area contributed by atoms with Crippen LogP contribution in [0.5, 0.6) is 5.75 Å². The van der Waals surface area contributed by atoms with Gasteiger partial charge in [-0.2, -0.15) is 0 Å². The average molecular weight is 348 g/mol. The predicted molar refractivity (Wildman–Crippen MR) is 99.4 cm³/mol. The largest absolute Gasteiger partial charge is 0.494 e. The maximum Gasteiger partial charge on any atom is 0.323 e. The van der Waals surface area contributed by atoms with E-state index in [1.807, 2.05) is 43.3 Å². The first-order valence-corrected chi connectivity index (χ1v) is 7.88. The minimum atomic E-state index is -0.247. The smallest absolute Gasteiger partial charge is 0.323 e. The zero-order chi connectivity index (χ0) is 16.1. The van der Waals surface area contributed by atoms with Crippen molar-refractivity contribution < 1.29 is 9.53 Å². The van der Waals surface area contributed by atoms with Gasteiger partial charge in [0, 0.05) is 17.9 Å². The van der Waals surface area contributed by atoms with E-state index in [0.29, 0.717) is 6.61 Å². The Hall–Kier alpha value is -2.24. The average Bonchev–Trinajstić information content (AvgIpc) is 2.57. The van der Waals surface area contributed by atoms with Crippen LogP contribution >= 0.6 is 12.4 Å². The molecule has 0 aromatic heterocycles. The highest BCUT2D eigenvalue weighted by Gasteiger charge is 2.10. The SMILES string of the molecule is CCOc1ccc(NC(=O)Nc2ccc3c(c2)CCNC3)cc1.Cl. The molecule has 0 saturated heterocycles. The third-order valence-electron chi connectivity index (χ3n) is 3.77. The normalized spacial score (nSPS) is 12.5. The van der Waals surface area contributed by atoms with Gasteiger partial charge in [0.25, 0.3) is 0 Å². The summed E-state index contributed by atoms with van der Waals surface area (Å²) in [6.45, 7) is 4.44. The molecule has 0 fully saturated rings. The number of hydrogen-bond acceptors (Lipinski definition) is 3. The number of carbonyl (C=O) groups excluding carboxylic acids is 1. The number of carbonyl (C=O) groups is 1. The molecule has 6 heteroatoms. The van der Waals surface area contributed by atoms with Crippen LogP contribution in [0.15, 0.2) is 42.5 Å². The number of fused-ring (bicyclic) bond motifs is 1. The minimum absolute atomic E-state index is 0. The Morgan fingerprint density at radius 2 is 1.79 bits per heavy atom. The van der Waals surface area contributed by atoms with E-state index in [-0.39, 0.29) is 18.4 Å². The molecule has 0 aliphatic carbocycles. The lowest BCUT2D eigenvalue weighted by Gasteiger charge is -2.18. The molecular formula is C18H22ClN3O2. The molecule has 1 aliphatic rings. The van der Waals surface area contributed by atoms with Gasteiger partial charge >= 0.3 is 6.03 Å². The molecule has 0 saturated carbocycles. The lowest BCUT2D eigenvalue weighted by Crippen LogP contribution is -2.24. The first kappa shape index (κ1) is 18.1. The topological polar surface area (TPSA) is 62.4 Å². The predicted octanol–water partition coefficient (Wildman–Crippen LogP) is 3.80. The van der Waals surface area contributed by atoms with E-state index in [4.69, 9.17) is 4.74 Å². The molecule has 2 aromatic rings. The molecule has 3 N–H and O–H groups in total. The summed E-state index contributed by atoms with van der Waals surface area (Å²) in [5.74, 6) is 0.793. The molecule has 0 bridgehead atoms. The Morgan fingerprint density at radius 1 is 1.08 bits per heavy atom. The first-order valence-electron chi connectivity index (χ1n) is 7.88. The van der Waals surface area contributed by atoms with E-state index in [9.17, 15) is 4.79 Å². The van der Waals surface area contributed by atoms with E-state index >= 15 is 0 Å². The number of ether oxygens (including phenoxy) is 1. The van der Waals surface area contributed by atoms with Crippen LogP contribution in [0.3, 0.4) is 0 Å². The molecule has 5 nitrogen and oxygen atoms in total. The molecule has 1 heterocycles. The van der Waals surface area contributed by atoms with Crippen molar-refractivity contribution in [2.24, 2.45) is 0 Å². The fraction of sp³-hybridized carbons (Fsp3) is 0.278. The molecule has 1 aliphatic heterocycles. The molecule has 0 unspecified atom stereocenters. The van der Waals surface area contributed by atoms with Gasteiger partial charge < -0.3 is 20.7 Å². The zero-order valence-corrected chi connectivity index (χ0v) is 14.4. The van der Waals surface area contributed by atoms with Gasteiger partial charge in [-0.1, -0.05) is 6.07 Å². The summed E-state index contributed by atoms with van der Waals surface area (Å²) in [6, 6.07) is 13.1. The van der Waals surface area contributed by atoms with Gasteiger partial charge in [-0.3, -0.25) is 0 Å². The molecular weight excluding hydrogens is 326 g/mol. The highest BCUT2D eigenvalue weighted by Crippen LogP contribution is 2.20. The lowest BCUT2D eigenvalue weighted by molar-refractivity contribution is 0.262. The Morgan fingerprint density at radius 3 is 2.54 bits per heavy atom. The van der Waals surface area contributed by atoms with E-state index in [1.165, 1.54) is 11.1 Å². The number of nitrogens with one attached hydrogen (secondary N) is 3. The Labute approximate surface area is 148 Å². The van der Waals surface area contributed by atoms with Crippen molar-refractivity contribution in [1.29, 1.82) is 0 Å². The fourth-order valence-corrected chi connectivity index (χ4v) is 2.65. The summed E-state index contributed by atoms with van der Waals surface area (Å²) in [7, 11) is 0. The summed E-state index contributed by atoms with van der Waals surface area (Å²) in [5.41, 5.74) is 4.14. The second-order valence-electron chi connectivity index (χ2n) is 5.45. The number of hydrogen-bond donors (Lipinski definition) is 3. The van der Waals surface area contributed by atoms with E-state index in [1.54, 1.807) is 0 Å². The minimum Gasteiger partial charge on any atom is -0.494 e. The monoisotopic (exact) mass is 347 g/mol. The Bertz CT molecular complexity index is 689. The number of urea groups is 1. The van der Waals surface area contributed by atoms with Gasteiger partial charge in [-0.25, -0.2) is 4.79 Å². The van der Waals surface area contributed by atoms with Crippen LogP contribution in [0.2, 0.25) is 0 Å². The second-order valence-corrected chi connectivity index (χ2v) is 5.45. The number of benzene rings is 2. The molecule has 2 amide bonds. The van der Waals surface area contributed by atoms with Crippen LogP contribution in [0, 0.1) is 0 Å². The summed E-state index contributed by atoms with van der Waals surface area (Å²) >= 11 is 0. The summed E-state index contributed by atoms with van der Waals surface area (Å²) in [6.07, 6.45) is 0.991. The van der Waals surface area contributed by atoms with Crippen molar-refractivity contribution in [1.82, 2.24) is 5.32 Å². The molecule has 0 atom stereocenters. The fourth-order valence-electron chi connectivity index (χ4n) is 2.65. The number of amides is 2. The molecule has 0 radical (unpaired) electrons. The van der Waals surface area contributed by atoms with E-state index < -0.39 is 0 Å². The van der Waals surface area contributed by atoms with Crippen molar-refractivity contribution in [2.45, 2.75) is 19.9 Å². The van der Waals surface area contributed by atoms with Crippen molar-refractivity contribution in [3.63, 3.8) is 0 Å². The lowest BCUT2D eigenvalue weighted by atomic mass is 10.0. The summed E-state index contributed by atoms with van der Waals surface area (Å²) < 4.78 is 5.38. The van der Waals surface area contributed by atoms with Crippen LogP contribution in [0.4, 0.5) is 16.2 Å². The third kappa shape index (κ3) is 4.63. The third-order valence-corrected chi connectivity index (χ3v) is 3.77. The first-order chi connectivity index (χ1) is 11.2. The van der Waals surface area contributed by atoms with Crippen LogP contribution in [0.25, 0.3) is 0 Å². The van der Waals surface area contributed by atoms with Crippen LogP contribution in [0.1, 0.15) is 18.1 Å². The molecule has 2 aromatic carbocycles. The second kappa shape index (κ2) is 8.57. The molecule has 0 spiro atoms. The van der Waals surface area contributed by atoms with Gasteiger partial charge in [0.15, 0.2) is 0 Å². The van der Waals surface area contributed by atoms with Crippen molar-refractivity contribution in [3.05, 3.63) is 53.6 Å². The van der Waals surface area contributed by atoms with E-state index in [0.717, 1.165) is 36.6 Å². The Balaban J connectivity index is 0.00000208. The number of anilines is 2. The van der Waals surface area contributed by atoms with Crippen LogP contribution in [-0.4, -0.2) is 19.2 Å². The molecule has 3 rings (SSSR count). The summed E-state index contributed by atoms with van der Waals surface area (Å²) in [4.78, 5) is 12.1. The maximum absolute atomic E-state index is 12.1. The molecule has 128 valence electrons.